The predicted molar refractivity (Wildman–Crippen MR) is 41.4 cm³/mol. The van der Waals surface area contributed by atoms with E-state index in [1.807, 2.05) is 0 Å². The maximum Gasteiger partial charge on any atom is 0.392 e. The van der Waals surface area contributed by atoms with Crippen LogP contribution in [0.2, 0.25) is 0 Å². The van der Waals surface area contributed by atoms with Crippen LogP contribution in [0.5, 0.6) is 5.75 Å². The van der Waals surface area contributed by atoms with Gasteiger partial charge in [0.15, 0.2) is 0 Å². The summed E-state index contributed by atoms with van der Waals surface area (Å²) in [4.78, 5) is 0. The highest BCUT2D eigenvalue weighted by Crippen LogP contribution is 2.19. The molecule has 0 saturated heterocycles. The SMILES string of the molecule is FC(F)(F)CCOc1[c]cccc1. The zero-order chi connectivity index (χ0) is 9.73. The third-order valence-electron chi connectivity index (χ3n) is 1.32. The van der Waals surface area contributed by atoms with Gasteiger partial charge in [-0.05, 0) is 6.07 Å². The summed E-state index contributed by atoms with van der Waals surface area (Å²) in [6.07, 6.45) is -5.09. The number of benzene rings is 1. The van der Waals surface area contributed by atoms with Crippen LogP contribution in [0.4, 0.5) is 13.2 Å². The van der Waals surface area contributed by atoms with E-state index in [1.165, 1.54) is 0 Å². The van der Waals surface area contributed by atoms with Crippen molar-refractivity contribution in [1.29, 1.82) is 0 Å². The van der Waals surface area contributed by atoms with Gasteiger partial charge in [0.05, 0.1) is 13.0 Å². The van der Waals surface area contributed by atoms with E-state index < -0.39 is 12.6 Å². The minimum absolute atomic E-state index is 0.340. The highest BCUT2D eigenvalue weighted by Gasteiger charge is 2.26. The first-order valence-corrected chi connectivity index (χ1v) is 3.74. The molecule has 1 nitrogen and oxygen atoms in total. The average molecular weight is 189 g/mol. The number of para-hydroxylation sites is 1. The van der Waals surface area contributed by atoms with Crippen molar-refractivity contribution in [3.8, 4) is 5.75 Å². The number of ether oxygens (including phenoxy) is 1. The van der Waals surface area contributed by atoms with Gasteiger partial charge in [-0.3, -0.25) is 0 Å². The molecule has 0 unspecified atom stereocenters. The zero-order valence-electron chi connectivity index (χ0n) is 6.77. The molecular weight excluding hydrogens is 181 g/mol. The average Bonchev–Trinajstić information content (AvgIpc) is 2.04. The van der Waals surface area contributed by atoms with E-state index >= 15 is 0 Å². The lowest BCUT2D eigenvalue weighted by atomic mass is 10.3. The van der Waals surface area contributed by atoms with E-state index in [1.54, 1.807) is 24.3 Å². The first-order valence-electron chi connectivity index (χ1n) is 3.74. The molecule has 0 aliphatic heterocycles. The van der Waals surface area contributed by atoms with Gasteiger partial charge in [-0.1, -0.05) is 18.2 Å². The topological polar surface area (TPSA) is 9.23 Å². The van der Waals surface area contributed by atoms with Crippen molar-refractivity contribution in [2.45, 2.75) is 12.6 Å². The second-order valence-electron chi connectivity index (χ2n) is 2.44. The van der Waals surface area contributed by atoms with Crippen LogP contribution in [0.25, 0.3) is 0 Å². The van der Waals surface area contributed by atoms with Gasteiger partial charge in [-0.15, -0.1) is 0 Å². The van der Waals surface area contributed by atoms with E-state index in [-0.39, 0.29) is 6.61 Å². The Bertz CT molecular complexity index is 243. The highest BCUT2D eigenvalue weighted by molar-refractivity contribution is 5.19. The van der Waals surface area contributed by atoms with E-state index in [4.69, 9.17) is 4.74 Å². The molecule has 1 rings (SSSR count). The van der Waals surface area contributed by atoms with Crippen molar-refractivity contribution in [2.24, 2.45) is 0 Å². The fourth-order valence-electron chi connectivity index (χ4n) is 0.743. The van der Waals surface area contributed by atoms with Gasteiger partial charge < -0.3 is 4.74 Å². The van der Waals surface area contributed by atoms with Crippen LogP contribution in [0.3, 0.4) is 0 Å². The van der Waals surface area contributed by atoms with E-state index in [2.05, 4.69) is 6.07 Å². The molecular formula is C9H8F3O. The monoisotopic (exact) mass is 189 g/mol. The summed E-state index contributed by atoms with van der Waals surface area (Å²) >= 11 is 0. The Kier molecular flexibility index (Phi) is 3.17. The van der Waals surface area contributed by atoms with Crippen molar-refractivity contribution in [1.82, 2.24) is 0 Å². The van der Waals surface area contributed by atoms with Crippen LogP contribution in [0.1, 0.15) is 6.42 Å². The van der Waals surface area contributed by atoms with Gasteiger partial charge in [0.25, 0.3) is 0 Å². The van der Waals surface area contributed by atoms with Crippen molar-refractivity contribution in [2.75, 3.05) is 6.61 Å². The third kappa shape index (κ3) is 4.40. The van der Waals surface area contributed by atoms with Crippen LogP contribution in [0, 0.1) is 6.07 Å². The minimum Gasteiger partial charge on any atom is -0.493 e. The minimum atomic E-state index is -4.16. The van der Waals surface area contributed by atoms with Crippen molar-refractivity contribution in [3.05, 3.63) is 30.3 Å². The Morgan fingerprint density at radius 3 is 2.62 bits per heavy atom. The summed E-state index contributed by atoms with van der Waals surface area (Å²) in [7, 11) is 0. The second kappa shape index (κ2) is 4.16. The molecule has 0 spiro atoms. The Balaban J connectivity index is 2.29. The third-order valence-corrected chi connectivity index (χ3v) is 1.32. The molecule has 0 saturated carbocycles. The molecule has 0 atom stereocenters. The van der Waals surface area contributed by atoms with E-state index in [0.717, 1.165) is 0 Å². The maximum absolute atomic E-state index is 11.7. The molecule has 71 valence electrons. The van der Waals surface area contributed by atoms with Gasteiger partial charge in [0.2, 0.25) is 0 Å². The summed E-state index contributed by atoms with van der Waals surface area (Å²) in [5.74, 6) is 0.340. The molecule has 1 radical (unpaired) electrons. The van der Waals surface area contributed by atoms with Gasteiger partial charge in [-0.25, -0.2) is 0 Å². The molecule has 4 heteroatoms. The summed E-state index contributed by atoms with van der Waals surface area (Å²) < 4.78 is 39.8. The molecule has 0 amide bonds. The smallest absolute Gasteiger partial charge is 0.392 e. The number of rotatable bonds is 3. The van der Waals surface area contributed by atoms with Crippen LogP contribution >= 0.6 is 0 Å². The fourth-order valence-corrected chi connectivity index (χ4v) is 0.743. The first kappa shape index (κ1) is 9.89. The van der Waals surface area contributed by atoms with Crippen LogP contribution in [-0.2, 0) is 0 Å². The Morgan fingerprint density at radius 1 is 1.31 bits per heavy atom. The van der Waals surface area contributed by atoms with Gasteiger partial charge in [-0.2, -0.15) is 13.2 Å². The summed E-state index contributed by atoms with van der Waals surface area (Å²) in [5.41, 5.74) is 0. The lowest BCUT2D eigenvalue weighted by molar-refractivity contribution is -0.139. The van der Waals surface area contributed by atoms with Crippen LogP contribution in [-0.4, -0.2) is 12.8 Å². The van der Waals surface area contributed by atoms with Crippen LogP contribution in [0.15, 0.2) is 24.3 Å². The fraction of sp³-hybridized carbons (Fsp3) is 0.333. The standard InChI is InChI=1S/C9H8F3O/c10-9(11,12)6-7-13-8-4-2-1-3-5-8/h1-4H,6-7H2. The zero-order valence-corrected chi connectivity index (χ0v) is 6.77. The molecule has 0 aliphatic rings. The summed E-state index contributed by atoms with van der Waals surface area (Å²) in [6, 6.07) is 9.22. The molecule has 1 aromatic rings. The Hall–Kier alpha value is -1.19. The van der Waals surface area contributed by atoms with Gasteiger partial charge in [0, 0.05) is 6.07 Å². The molecule has 0 aliphatic carbocycles. The van der Waals surface area contributed by atoms with Gasteiger partial charge >= 0.3 is 6.18 Å². The molecule has 0 heterocycles. The largest absolute Gasteiger partial charge is 0.493 e. The van der Waals surface area contributed by atoms with Gasteiger partial charge in [0.1, 0.15) is 5.75 Å². The van der Waals surface area contributed by atoms with E-state index in [9.17, 15) is 13.2 Å². The molecule has 0 bridgehead atoms. The summed E-state index contributed by atoms with van der Waals surface area (Å²) in [6.45, 7) is -0.357. The highest BCUT2D eigenvalue weighted by atomic mass is 19.4. The number of halogens is 3. The lowest BCUT2D eigenvalue weighted by Crippen LogP contribution is -2.12. The van der Waals surface area contributed by atoms with Crippen molar-refractivity contribution < 1.29 is 17.9 Å². The normalized spacial score (nSPS) is 11.3. The molecule has 0 fully saturated rings. The van der Waals surface area contributed by atoms with Crippen molar-refractivity contribution >= 4 is 0 Å². The molecule has 0 aromatic heterocycles. The predicted octanol–water partition coefficient (Wildman–Crippen LogP) is 2.82. The molecule has 13 heavy (non-hydrogen) atoms. The first-order chi connectivity index (χ1) is 6.08. The number of hydrogen-bond acceptors (Lipinski definition) is 1. The Labute approximate surface area is 74.1 Å². The molecule has 1 aromatic carbocycles. The lowest BCUT2D eigenvalue weighted by Gasteiger charge is -2.07. The van der Waals surface area contributed by atoms with Crippen molar-refractivity contribution in [3.63, 3.8) is 0 Å². The Morgan fingerprint density at radius 2 is 2.08 bits per heavy atom. The summed E-state index contributed by atoms with van der Waals surface area (Å²) in [5, 5.41) is 0. The molecule has 0 N–H and O–H groups in total. The number of alkyl halides is 3. The maximum atomic E-state index is 11.7. The second-order valence-corrected chi connectivity index (χ2v) is 2.44. The number of hydrogen-bond donors (Lipinski definition) is 0. The van der Waals surface area contributed by atoms with E-state index in [0.29, 0.717) is 5.75 Å². The van der Waals surface area contributed by atoms with Crippen LogP contribution < -0.4 is 4.74 Å². The quantitative estimate of drug-likeness (QED) is 0.710.